The molecule has 0 aromatic heterocycles. The summed E-state index contributed by atoms with van der Waals surface area (Å²) in [7, 11) is 0. The van der Waals surface area contributed by atoms with Gasteiger partial charge in [-0.15, -0.1) is 0 Å². The first-order chi connectivity index (χ1) is 9.63. The van der Waals surface area contributed by atoms with Crippen molar-refractivity contribution in [2.24, 2.45) is 5.41 Å². The van der Waals surface area contributed by atoms with Gasteiger partial charge >= 0.3 is 0 Å². The lowest BCUT2D eigenvalue weighted by Crippen LogP contribution is -2.18. The van der Waals surface area contributed by atoms with Crippen LogP contribution < -0.4 is 0 Å². The monoisotopic (exact) mass is 268 g/mol. The molecular formula is C20H28. The molecule has 1 aliphatic carbocycles. The third kappa shape index (κ3) is 2.16. The van der Waals surface area contributed by atoms with Crippen molar-refractivity contribution in [3.63, 3.8) is 0 Å². The lowest BCUT2D eigenvalue weighted by molar-refractivity contribution is 0.503. The van der Waals surface area contributed by atoms with E-state index in [0.29, 0.717) is 0 Å². The Morgan fingerprint density at radius 3 is 1.85 bits per heavy atom. The highest BCUT2D eigenvalue weighted by molar-refractivity contribution is 5.83. The molecule has 108 valence electrons. The molecule has 0 aliphatic heterocycles. The summed E-state index contributed by atoms with van der Waals surface area (Å²) in [5.41, 5.74) is 8.17. The number of allylic oxidation sites excluding steroid dienone is 4. The summed E-state index contributed by atoms with van der Waals surface area (Å²) in [6.07, 6.45) is 4.67. The van der Waals surface area contributed by atoms with Crippen LogP contribution in [0.5, 0.6) is 0 Å². The maximum atomic E-state index is 2.45. The van der Waals surface area contributed by atoms with Crippen molar-refractivity contribution in [3.8, 4) is 0 Å². The van der Waals surface area contributed by atoms with E-state index in [0.717, 1.165) is 12.8 Å². The first kappa shape index (κ1) is 15.1. The Morgan fingerprint density at radius 2 is 1.40 bits per heavy atom. The molecule has 0 heterocycles. The molecule has 0 fully saturated rings. The SMILES string of the molecule is CCC1=C(CC)C(C)(CC)C(c2ccccc2)=C1CC. The average Bonchev–Trinajstić information content (AvgIpc) is 2.76. The highest BCUT2D eigenvalue weighted by atomic mass is 14.4. The lowest BCUT2D eigenvalue weighted by Gasteiger charge is -2.31. The molecule has 20 heavy (non-hydrogen) atoms. The Labute approximate surface area is 124 Å². The Bertz CT molecular complexity index is 530. The van der Waals surface area contributed by atoms with Crippen molar-refractivity contribution in [3.05, 3.63) is 52.6 Å². The zero-order valence-electron chi connectivity index (χ0n) is 13.7. The van der Waals surface area contributed by atoms with Gasteiger partial charge in [-0.2, -0.15) is 0 Å². The van der Waals surface area contributed by atoms with Gasteiger partial charge in [0, 0.05) is 5.41 Å². The summed E-state index contributed by atoms with van der Waals surface area (Å²) in [6, 6.07) is 11.0. The maximum absolute atomic E-state index is 2.45. The third-order valence-corrected chi connectivity index (χ3v) is 5.08. The first-order valence-electron chi connectivity index (χ1n) is 8.15. The molecule has 0 amide bonds. The van der Waals surface area contributed by atoms with Crippen molar-refractivity contribution >= 4 is 5.57 Å². The molecule has 1 unspecified atom stereocenters. The van der Waals surface area contributed by atoms with Gasteiger partial charge in [-0.05, 0) is 48.0 Å². The molecule has 1 aromatic rings. The summed E-state index contributed by atoms with van der Waals surface area (Å²) >= 11 is 0. The highest BCUT2D eigenvalue weighted by Crippen LogP contribution is 2.56. The molecule has 1 aliphatic rings. The second kappa shape index (κ2) is 5.99. The van der Waals surface area contributed by atoms with E-state index in [1.807, 2.05) is 0 Å². The number of hydrogen-bond donors (Lipinski definition) is 0. The molecule has 2 rings (SSSR count). The van der Waals surface area contributed by atoms with Crippen molar-refractivity contribution < 1.29 is 0 Å². The Morgan fingerprint density at radius 1 is 0.800 bits per heavy atom. The van der Waals surface area contributed by atoms with E-state index in [1.165, 1.54) is 18.4 Å². The van der Waals surface area contributed by atoms with E-state index in [2.05, 4.69) is 65.0 Å². The summed E-state index contributed by atoms with van der Waals surface area (Å²) in [5, 5.41) is 0. The van der Waals surface area contributed by atoms with Crippen molar-refractivity contribution in [2.75, 3.05) is 0 Å². The van der Waals surface area contributed by atoms with Gasteiger partial charge in [0.05, 0.1) is 0 Å². The van der Waals surface area contributed by atoms with E-state index in [-0.39, 0.29) is 5.41 Å². The van der Waals surface area contributed by atoms with Crippen molar-refractivity contribution in [2.45, 2.75) is 60.3 Å². The molecule has 0 nitrogen and oxygen atoms in total. The van der Waals surface area contributed by atoms with E-state index in [9.17, 15) is 0 Å². The maximum Gasteiger partial charge on any atom is 0.0145 e. The Hall–Kier alpha value is -1.30. The average molecular weight is 268 g/mol. The standard InChI is InChI=1S/C20H28/c1-6-16-17(7-2)19(15-13-11-10-12-14-15)20(5,9-4)18(16)8-3/h10-14H,6-9H2,1-5H3. The van der Waals surface area contributed by atoms with Crippen LogP contribution in [-0.2, 0) is 0 Å². The van der Waals surface area contributed by atoms with Crippen LogP contribution in [0.4, 0.5) is 0 Å². The third-order valence-electron chi connectivity index (χ3n) is 5.08. The van der Waals surface area contributed by atoms with Crippen molar-refractivity contribution in [1.29, 1.82) is 0 Å². The number of rotatable bonds is 5. The van der Waals surface area contributed by atoms with Crippen LogP contribution in [0.15, 0.2) is 47.1 Å². The fourth-order valence-corrected chi connectivity index (χ4v) is 4.06. The predicted octanol–water partition coefficient (Wildman–Crippen LogP) is 6.40. The van der Waals surface area contributed by atoms with Crippen LogP contribution in [0.1, 0.15) is 65.9 Å². The second-order valence-corrected chi connectivity index (χ2v) is 5.92. The lowest BCUT2D eigenvalue weighted by atomic mass is 9.72. The molecule has 1 aromatic carbocycles. The normalized spacial score (nSPS) is 22.9. The van der Waals surface area contributed by atoms with Crippen LogP contribution in [0.2, 0.25) is 0 Å². The molecular weight excluding hydrogens is 240 g/mol. The smallest absolute Gasteiger partial charge is 0.0145 e. The van der Waals surface area contributed by atoms with Crippen LogP contribution in [0.3, 0.4) is 0 Å². The summed E-state index contributed by atoms with van der Waals surface area (Å²) in [4.78, 5) is 0. The number of hydrogen-bond acceptors (Lipinski definition) is 0. The van der Waals surface area contributed by atoms with Crippen LogP contribution in [0.25, 0.3) is 5.57 Å². The number of benzene rings is 1. The molecule has 0 saturated heterocycles. The molecule has 1 atom stereocenters. The van der Waals surface area contributed by atoms with E-state index >= 15 is 0 Å². The fraction of sp³-hybridized carbons (Fsp3) is 0.500. The zero-order valence-corrected chi connectivity index (χ0v) is 13.7. The van der Waals surface area contributed by atoms with Gasteiger partial charge in [0.25, 0.3) is 0 Å². The minimum atomic E-state index is 0.229. The summed E-state index contributed by atoms with van der Waals surface area (Å²) in [6.45, 7) is 11.7. The zero-order chi connectivity index (χ0) is 14.8. The van der Waals surface area contributed by atoms with Gasteiger partial charge in [-0.3, -0.25) is 0 Å². The van der Waals surface area contributed by atoms with Gasteiger partial charge in [-0.1, -0.05) is 70.5 Å². The second-order valence-electron chi connectivity index (χ2n) is 5.92. The molecule has 0 N–H and O–H groups in total. The van der Waals surface area contributed by atoms with E-state index in [1.54, 1.807) is 22.3 Å². The Kier molecular flexibility index (Phi) is 4.52. The minimum absolute atomic E-state index is 0.229. The van der Waals surface area contributed by atoms with Gasteiger partial charge in [0.2, 0.25) is 0 Å². The highest BCUT2D eigenvalue weighted by Gasteiger charge is 2.40. The van der Waals surface area contributed by atoms with Crippen LogP contribution >= 0.6 is 0 Å². The molecule has 0 spiro atoms. The molecule has 0 heteroatoms. The van der Waals surface area contributed by atoms with E-state index < -0.39 is 0 Å². The fourth-order valence-electron chi connectivity index (χ4n) is 4.06. The first-order valence-corrected chi connectivity index (χ1v) is 8.15. The van der Waals surface area contributed by atoms with Crippen molar-refractivity contribution in [1.82, 2.24) is 0 Å². The van der Waals surface area contributed by atoms with Gasteiger partial charge < -0.3 is 0 Å². The molecule has 0 bridgehead atoms. The van der Waals surface area contributed by atoms with Gasteiger partial charge in [0.1, 0.15) is 0 Å². The van der Waals surface area contributed by atoms with Gasteiger partial charge in [-0.25, -0.2) is 0 Å². The summed E-state index contributed by atoms with van der Waals surface area (Å²) in [5.74, 6) is 0. The molecule has 0 saturated carbocycles. The van der Waals surface area contributed by atoms with Crippen LogP contribution in [0, 0.1) is 5.41 Å². The van der Waals surface area contributed by atoms with Gasteiger partial charge in [0.15, 0.2) is 0 Å². The molecule has 0 radical (unpaired) electrons. The largest absolute Gasteiger partial charge is 0.0642 e. The predicted molar refractivity (Wildman–Crippen MR) is 89.7 cm³/mol. The van der Waals surface area contributed by atoms with E-state index in [4.69, 9.17) is 0 Å². The minimum Gasteiger partial charge on any atom is -0.0642 e. The van der Waals surface area contributed by atoms with Crippen LogP contribution in [-0.4, -0.2) is 0 Å². The quantitative estimate of drug-likeness (QED) is 0.580. The summed E-state index contributed by atoms with van der Waals surface area (Å²) < 4.78 is 0. The Balaban J connectivity index is 2.70. The topological polar surface area (TPSA) is 0 Å².